The smallest absolute Gasteiger partial charge is 0.304 e. The Labute approximate surface area is 79.8 Å². The summed E-state index contributed by atoms with van der Waals surface area (Å²) in [6, 6.07) is 0. The van der Waals surface area contributed by atoms with E-state index in [-0.39, 0.29) is 6.61 Å². The van der Waals surface area contributed by atoms with Gasteiger partial charge in [-0.2, -0.15) is 8.78 Å². The lowest BCUT2D eigenvalue weighted by Crippen LogP contribution is -2.27. The van der Waals surface area contributed by atoms with Gasteiger partial charge in [-0.1, -0.05) is 12.7 Å². The second kappa shape index (κ2) is 3.33. The zero-order valence-corrected chi connectivity index (χ0v) is 7.62. The Balaban J connectivity index is 2.96. The van der Waals surface area contributed by atoms with Gasteiger partial charge in [0.1, 0.15) is 12.2 Å². The van der Waals surface area contributed by atoms with Crippen molar-refractivity contribution in [1.82, 2.24) is 0 Å². The van der Waals surface area contributed by atoms with Crippen molar-refractivity contribution in [2.75, 3.05) is 6.61 Å². The summed E-state index contributed by atoms with van der Waals surface area (Å²) in [7, 11) is 0.867. The van der Waals surface area contributed by atoms with Gasteiger partial charge in [-0.3, -0.25) is 0 Å². The average molecular weight is 208 g/mol. The van der Waals surface area contributed by atoms with Crippen LogP contribution in [0.4, 0.5) is 17.6 Å². The van der Waals surface area contributed by atoms with E-state index in [9.17, 15) is 17.6 Å². The van der Waals surface area contributed by atoms with Crippen molar-refractivity contribution >= 4 is 7.85 Å². The molecule has 0 aromatic carbocycles. The quantitative estimate of drug-likeness (QED) is 0.389. The third kappa shape index (κ3) is 1.78. The molecule has 0 saturated carbocycles. The Morgan fingerprint density at radius 2 is 2.07 bits per heavy atom. The zero-order chi connectivity index (χ0) is 11.0. The van der Waals surface area contributed by atoms with E-state index in [1.165, 1.54) is 6.08 Å². The summed E-state index contributed by atoms with van der Waals surface area (Å²) >= 11 is 0. The monoisotopic (exact) mass is 208 g/mol. The summed E-state index contributed by atoms with van der Waals surface area (Å²) in [5.41, 5.74) is -2.45. The molecule has 0 aromatic heterocycles. The van der Waals surface area contributed by atoms with Crippen molar-refractivity contribution in [3.05, 3.63) is 24.2 Å². The molecule has 0 radical (unpaired) electrons. The normalized spacial score (nSPS) is 30.6. The zero-order valence-electron chi connectivity index (χ0n) is 7.62. The molecule has 0 heterocycles. The SMILES string of the molecule is BC1(F)CC(F)(F)C(F)=C1OCC=C. The van der Waals surface area contributed by atoms with Crippen LogP contribution in [0.1, 0.15) is 6.42 Å². The Hall–Kier alpha value is -0.935. The fourth-order valence-electron chi connectivity index (χ4n) is 1.33. The standard InChI is InChI=1S/C8H9BF4O/c1-2-3-14-6-5(10)8(12,13)4-7(6,9)11/h2H,1,3-4,9H2. The van der Waals surface area contributed by atoms with Gasteiger partial charge in [0.2, 0.25) is 5.83 Å². The third-order valence-electron chi connectivity index (χ3n) is 1.89. The molecule has 14 heavy (non-hydrogen) atoms. The van der Waals surface area contributed by atoms with Crippen molar-refractivity contribution in [3.63, 3.8) is 0 Å². The van der Waals surface area contributed by atoms with Gasteiger partial charge in [0, 0.05) is 0 Å². The molecule has 1 aliphatic carbocycles. The maximum absolute atomic E-state index is 13.4. The molecular formula is C8H9BF4O. The number of rotatable bonds is 3. The molecule has 0 aromatic rings. The highest BCUT2D eigenvalue weighted by Gasteiger charge is 2.56. The van der Waals surface area contributed by atoms with Crippen molar-refractivity contribution < 1.29 is 22.3 Å². The summed E-state index contributed by atoms with van der Waals surface area (Å²) in [5.74, 6) is -6.49. The van der Waals surface area contributed by atoms with Gasteiger partial charge in [0.25, 0.3) is 0 Å². The Morgan fingerprint density at radius 3 is 2.43 bits per heavy atom. The van der Waals surface area contributed by atoms with E-state index in [2.05, 4.69) is 11.3 Å². The maximum Gasteiger partial charge on any atom is 0.304 e. The van der Waals surface area contributed by atoms with E-state index in [4.69, 9.17) is 0 Å². The van der Waals surface area contributed by atoms with Crippen LogP contribution < -0.4 is 0 Å². The minimum atomic E-state index is -3.76. The molecule has 0 fully saturated rings. The summed E-state index contributed by atoms with van der Waals surface area (Å²) < 4.78 is 56.3. The fraction of sp³-hybridized carbons (Fsp3) is 0.500. The first-order valence-corrected chi connectivity index (χ1v) is 4.02. The topological polar surface area (TPSA) is 9.23 Å². The van der Waals surface area contributed by atoms with Crippen LogP contribution in [-0.4, -0.2) is 25.9 Å². The predicted octanol–water partition coefficient (Wildman–Crippen LogP) is 1.71. The van der Waals surface area contributed by atoms with E-state index < -0.39 is 29.5 Å². The molecule has 1 unspecified atom stereocenters. The lowest BCUT2D eigenvalue weighted by atomic mass is 9.81. The molecule has 0 spiro atoms. The molecule has 1 aliphatic rings. The van der Waals surface area contributed by atoms with Gasteiger partial charge < -0.3 is 4.74 Å². The number of hydrogen-bond acceptors (Lipinski definition) is 1. The molecular weight excluding hydrogens is 199 g/mol. The lowest BCUT2D eigenvalue weighted by molar-refractivity contribution is 0.00554. The molecule has 0 saturated heterocycles. The van der Waals surface area contributed by atoms with Crippen molar-refractivity contribution in [3.8, 4) is 0 Å². The summed E-state index contributed by atoms with van der Waals surface area (Å²) in [6.07, 6.45) is 0.0190. The Kier molecular flexibility index (Phi) is 2.65. The molecule has 0 amide bonds. The molecule has 1 rings (SSSR count). The highest BCUT2D eigenvalue weighted by molar-refractivity contribution is 6.16. The molecule has 1 atom stereocenters. The second-order valence-electron chi connectivity index (χ2n) is 3.32. The van der Waals surface area contributed by atoms with Gasteiger partial charge in [0.15, 0.2) is 13.6 Å². The predicted molar refractivity (Wildman–Crippen MR) is 46.2 cm³/mol. The summed E-state index contributed by atoms with van der Waals surface area (Å²) in [4.78, 5) is 0. The summed E-state index contributed by atoms with van der Waals surface area (Å²) in [6.45, 7) is 3.05. The molecule has 78 valence electrons. The number of alkyl halides is 3. The molecule has 0 N–H and O–H groups in total. The van der Waals surface area contributed by atoms with Crippen LogP contribution in [0.25, 0.3) is 0 Å². The molecule has 0 bridgehead atoms. The highest BCUT2D eigenvalue weighted by atomic mass is 19.3. The largest absolute Gasteiger partial charge is 0.488 e. The van der Waals surface area contributed by atoms with Crippen LogP contribution in [0.2, 0.25) is 0 Å². The van der Waals surface area contributed by atoms with Crippen LogP contribution in [0, 0.1) is 0 Å². The number of ether oxygens (including phenoxy) is 1. The maximum atomic E-state index is 13.4. The van der Waals surface area contributed by atoms with E-state index >= 15 is 0 Å². The Bertz CT molecular complexity index is 285. The van der Waals surface area contributed by atoms with E-state index in [1.54, 1.807) is 0 Å². The first-order valence-electron chi connectivity index (χ1n) is 4.02. The number of hydrogen-bond donors (Lipinski definition) is 0. The minimum absolute atomic E-state index is 0.196. The first-order chi connectivity index (χ1) is 6.31. The highest BCUT2D eigenvalue weighted by Crippen LogP contribution is 2.47. The van der Waals surface area contributed by atoms with E-state index in [0.29, 0.717) is 0 Å². The lowest BCUT2D eigenvalue weighted by Gasteiger charge is -2.17. The van der Waals surface area contributed by atoms with E-state index in [0.717, 1.165) is 7.85 Å². The third-order valence-corrected chi connectivity index (χ3v) is 1.89. The van der Waals surface area contributed by atoms with Gasteiger partial charge >= 0.3 is 5.92 Å². The van der Waals surface area contributed by atoms with Crippen LogP contribution >= 0.6 is 0 Å². The van der Waals surface area contributed by atoms with Gasteiger partial charge in [0.05, 0.1) is 6.42 Å². The van der Waals surface area contributed by atoms with Crippen LogP contribution in [0.3, 0.4) is 0 Å². The fourth-order valence-corrected chi connectivity index (χ4v) is 1.33. The van der Waals surface area contributed by atoms with E-state index in [1.807, 2.05) is 0 Å². The second-order valence-corrected chi connectivity index (χ2v) is 3.32. The number of allylic oxidation sites excluding steroid dienone is 2. The van der Waals surface area contributed by atoms with Gasteiger partial charge in [-0.25, -0.2) is 8.78 Å². The van der Waals surface area contributed by atoms with Gasteiger partial charge in [-0.15, -0.1) is 0 Å². The van der Waals surface area contributed by atoms with Crippen molar-refractivity contribution in [2.24, 2.45) is 0 Å². The average Bonchev–Trinajstić information content (AvgIpc) is 2.16. The molecule has 1 nitrogen and oxygen atoms in total. The Morgan fingerprint density at radius 1 is 1.50 bits per heavy atom. The van der Waals surface area contributed by atoms with Crippen LogP contribution in [0.5, 0.6) is 0 Å². The first kappa shape index (κ1) is 11.1. The molecule has 0 aliphatic heterocycles. The number of halogens is 4. The van der Waals surface area contributed by atoms with Crippen LogP contribution in [0.15, 0.2) is 24.2 Å². The van der Waals surface area contributed by atoms with Crippen molar-refractivity contribution in [1.29, 1.82) is 0 Å². The molecule has 6 heteroatoms. The van der Waals surface area contributed by atoms with Crippen LogP contribution in [-0.2, 0) is 4.74 Å². The minimum Gasteiger partial charge on any atom is -0.488 e. The van der Waals surface area contributed by atoms with Crippen molar-refractivity contribution in [2.45, 2.75) is 17.9 Å². The van der Waals surface area contributed by atoms with Gasteiger partial charge in [-0.05, 0) is 0 Å². The summed E-state index contributed by atoms with van der Waals surface area (Å²) in [5, 5.41) is 0.